The van der Waals surface area contributed by atoms with E-state index in [1.807, 2.05) is 0 Å². The van der Waals surface area contributed by atoms with Crippen LogP contribution in [0.15, 0.2) is 72.8 Å². The smallest absolute Gasteiger partial charge is 0.00264 e. The van der Waals surface area contributed by atoms with Gasteiger partial charge in [-0.25, -0.2) is 0 Å². The molecule has 4 heteroatoms. The van der Waals surface area contributed by atoms with Crippen molar-refractivity contribution in [2.75, 3.05) is 0 Å². The van der Waals surface area contributed by atoms with Gasteiger partial charge in [-0.3, -0.25) is 0 Å². The van der Waals surface area contributed by atoms with Gasteiger partial charge in [-0.05, 0) is 43.1 Å². The molecule has 2 nitrogen and oxygen atoms in total. The molecule has 0 heterocycles. The van der Waals surface area contributed by atoms with Crippen LogP contribution < -0.4 is 0 Å². The first-order chi connectivity index (χ1) is 11.3. The van der Waals surface area contributed by atoms with Gasteiger partial charge in [-0.2, -0.15) is 0 Å². The summed E-state index contributed by atoms with van der Waals surface area (Å²) in [6.07, 6.45) is 0. The molecule has 5 aromatic carbocycles. The van der Waals surface area contributed by atoms with Crippen molar-refractivity contribution < 1.29 is 42.8 Å². The second-order valence-corrected chi connectivity index (χ2v) is 5.76. The second kappa shape index (κ2) is 7.00. The Morgan fingerprint density at radius 3 is 1.00 bits per heavy atom. The first kappa shape index (κ1) is 17.1. The molecular weight excluding hydrogens is 384 g/mol. The first-order valence-corrected chi connectivity index (χ1v) is 8.66. The van der Waals surface area contributed by atoms with Gasteiger partial charge in [0.25, 0.3) is 0 Å². The number of hydrogen-bond acceptors (Lipinski definition) is 2. The van der Waals surface area contributed by atoms with E-state index in [9.17, 15) is 0 Å². The average molecular weight is 396 g/mol. The Morgan fingerprint density at radius 1 is 0.500 bits per heavy atom. The van der Waals surface area contributed by atoms with Gasteiger partial charge >= 0.3 is 25.7 Å². The van der Waals surface area contributed by atoms with Crippen molar-refractivity contribution in [2.45, 2.75) is 0 Å². The molecule has 24 heavy (non-hydrogen) atoms. The Morgan fingerprint density at radius 2 is 0.750 bits per heavy atom. The molecule has 0 spiro atoms. The normalized spacial score (nSPS) is 10.3. The van der Waals surface area contributed by atoms with E-state index in [-0.39, 0.29) is 17.1 Å². The van der Waals surface area contributed by atoms with Gasteiger partial charge in [0.05, 0.1) is 0 Å². The van der Waals surface area contributed by atoms with Crippen LogP contribution in [0.2, 0.25) is 0 Å². The van der Waals surface area contributed by atoms with Crippen LogP contribution in [-0.4, -0.2) is 0 Å². The summed E-state index contributed by atoms with van der Waals surface area (Å²) in [5.74, 6) is 0. The third kappa shape index (κ3) is 2.54. The number of benzene rings is 5. The SMILES string of the molecule is [Cu].[O]=[Ti]=[O].c1cc2cccc3c4cccc5cccc(c(c1)c23)c54. The van der Waals surface area contributed by atoms with E-state index in [4.69, 9.17) is 6.65 Å². The summed E-state index contributed by atoms with van der Waals surface area (Å²) in [5.41, 5.74) is 0. The van der Waals surface area contributed by atoms with Crippen molar-refractivity contribution in [3.8, 4) is 0 Å². The third-order valence-electron chi connectivity index (χ3n) is 4.39. The molecule has 0 aliphatic rings. The summed E-state index contributed by atoms with van der Waals surface area (Å²) in [7, 11) is 0. The average Bonchev–Trinajstić information content (AvgIpc) is 2.60. The summed E-state index contributed by atoms with van der Waals surface area (Å²) in [4.78, 5) is 0. The molecule has 5 rings (SSSR count). The summed E-state index contributed by atoms with van der Waals surface area (Å²) >= 11 is -2.00. The molecule has 0 saturated heterocycles. The Labute approximate surface area is 158 Å². The predicted molar refractivity (Wildman–Crippen MR) is 89.0 cm³/mol. The standard InChI is InChI=1S/C20H12.Cu.2O.Ti/c1-5-13-6-2-11-17-18-12-4-8-14-7-3-10-16(20(14)18)15(9-1)19(13)17;;;;/h1-12H;;;;. The summed E-state index contributed by atoms with van der Waals surface area (Å²) in [6, 6.07) is 26.4. The maximum atomic E-state index is 8.50. The zero-order valence-electron chi connectivity index (χ0n) is 12.5. The van der Waals surface area contributed by atoms with Crippen molar-refractivity contribution >= 4 is 43.1 Å². The van der Waals surface area contributed by atoms with E-state index in [0.29, 0.717) is 0 Å². The van der Waals surface area contributed by atoms with Gasteiger partial charge in [-0.15, -0.1) is 0 Å². The largest absolute Gasteiger partial charge is 0.0610 e. The van der Waals surface area contributed by atoms with E-state index in [0.717, 1.165) is 0 Å². The molecule has 1 radical (unpaired) electrons. The molecule has 0 amide bonds. The van der Waals surface area contributed by atoms with Crippen molar-refractivity contribution in [1.29, 1.82) is 0 Å². The van der Waals surface area contributed by atoms with Crippen LogP contribution in [0, 0.1) is 0 Å². The first-order valence-electron chi connectivity index (χ1n) is 7.38. The van der Waals surface area contributed by atoms with Gasteiger partial charge in [0, 0.05) is 17.1 Å². The van der Waals surface area contributed by atoms with Crippen LogP contribution in [0.1, 0.15) is 0 Å². The van der Waals surface area contributed by atoms with Crippen LogP contribution in [-0.2, 0) is 42.8 Å². The van der Waals surface area contributed by atoms with Crippen LogP contribution >= 0.6 is 0 Å². The van der Waals surface area contributed by atoms with Crippen molar-refractivity contribution in [1.82, 2.24) is 0 Å². The molecule has 0 aliphatic carbocycles. The summed E-state index contributed by atoms with van der Waals surface area (Å²) in [6.45, 7) is 0. The van der Waals surface area contributed by atoms with E-state index in [1.54, 1.807) is 0 Å². The fourth-order valence-corrected chi connectivity index (χ4v) is 3.58. The van der Waals surface area contributed by atoms with Gasteiger partial charge in [0.15, 0.2) is 0 Å². The second-order valence-electron chi connectivity index (χ2n) is 5.50. The number of hydrogen-bond donors (Lipinski definition) is 0. The molecule has 0 aliphatic heterocycles. The molecule has 0 N–H and O–H groups in total. The zero-order chi connectivity index (χ0) is 15.8. The fraction of sp³-hybridized carbons (Fsp3) is 0. The molecular formula is C20H12CuO2Ti. The number of fused-ring (bicyclic) bond motifs is 2. The van der Waals surface area contributed by atoms with Crippen molar-refractivity contribution in [3.05, 3.63) is 72.8 Å². The maximum Gasteiger partial charge on any atom is -0.00264 e. The summed E-state index contributed by atoms with van der Waals surface area (Å²) < 4.78 is 17.0. The van der Waals surface area contributed by atoms with E-state index < -0.39 is 19.1 Å². The minimum atomic E-state index is -2.00. The monoisotopic (exact) mass is 395 g/mol. The minimum Gasteiger partial charge on any atom is -0.0610 e. The van der Waals surface area contributed by atoms with E-state index in [1.165, 1.54) is 43.1 Å². The predicted octanol–water partition coefficient (Wildman–Crippen LogP) is 5.49. The molecule has 119 valence electrons. The van der Waals surface area contributed by atoms with Gasteiger partial charge in [-0.1, -0.05) is 72.8 Å². The van der Waals surface area contributed by atoms with Gasteiger partial charge in [0.1, 0.15) is 0 Å². The molecule has 0 fully saturated rings. The number of rotatable bonds is 0. The molecule has 0 atom stereocenters. The van der Waals surface area contributed by atoms with E-state index >= 15 is 0 Å². The minimum absolute atomic E-state index is 0. The van der Waals surface area contributed by atoms with E-state index in [2.05, 4.69) is 72.8 Å². The fourth-order valence-electron chi connectivity index (χ4n) is 3.58. The molecule has 0 aromatic heterocycles. The van der Waals surface area contributed by atoms with Crippen LogP contribution in [0.5, 0.6) is 0 Å². The Kier molecular flexibility index (Phi) is 4.98. The van der Waals surface area contributed by atoms with Gasteiger partial charge < -0.3 is 0 Å². The zero-order valence-corrected chi connectivity index (χ0v) is 15.0. The Balaban J connectivity index is 0.000000396. The quantitative estimate of drug-likeness (QED) is 0.197. The van der Waals surface area contributed by atoms with Crippen molar-refractivity contribution in [2.24, 2.45) is 0 Å². The maximum absolute atomic E-state index is 8.50. The molecule has 5 aromatic rings. The molecule has 0 unspecified atom stereocenters. The summed E-state index contributed by atoms with van der Waals surface area (Å²) in [5, 5.41) is 10.9. The molecule has 0 saturated carbocycles. The topological polar surface area (TPSA) is 34.1 Å². The van der Waals surface area contributed by atoms with Gasteiger partial charge in [0.2, 0.25) is 0 Å². The Bertz CT molecular complexity index is 1020. The van der Waals surface area contributed by atoms with Crippen molar-refractivity contribution in [3.63, 3.8) is 0 Å². The van der Waals surface area contributed by atoms with Crippen LogP contribution in [0.4, 0.5) is 0 Å². The Hall–Kier alpha value is -1.77. The molecule has 0 bridgehead atoms. The third-order valence-corrected chi connectivity index (χ3v) is 4.39. The van der Waals surface area contributed by atoms with Crippen LogP contribution in [0.3, 0.4) is 0 Å². The van der Waals surface area contributed by atoms with Crippen LogP contribution in [0.25, 0.3) is 43.1 Å².